The average Bonchev–Trinajstić information content (AvgIpc) is 2.58. The van der Waals surface area contributed by atoms with E-state index in [1.165, 1.54) is 0 Å². The van der Waals surface area contributed by atoms with Gasteiger partial charge < -0.3 is 10.2 Å². The minimum Gasteiger partial charge on any atom is -0.352 e. The van der Waals surface area contributed by atoms with Gasteiger partial charge in [0.25, 0.3) is 5.91 Å². The first-order valence-corrected chi connectivity index (χ1v) is 7.73. The molecule has 23 heavy (non-hydrogen) atoms. The van der Waals surface area contributed by atoms with E-state index in [1.807, 2.05) is 25.1 Å². The summed E-state index contributed by atoms with van der Waals surface area (Å²) in [6.45, 7) is 2.47. The highest BCUT2D eigenvalue weighted by atomic mass is 16.2. The number of carbonyl (C=O) groups is 2. The summed E-state index contributed by atoms with van der Waals surface area (Å²) in [5, 5.41) is 2.78. The Labute approximate surface area is 135 Å². The SMILES string of the molecule is CCNC(=O)c1cncc(-c2ccc3c(c2)CCC(=O)N3C)c1. The van der Waals surface area contributed by atoms with Crippen LogP contribution < -0.4 is 10.2 Å². The van der Waals surface area contributed by atoms with Gasteiger partial charge in [-0.25, -0.2) is 0 Å². The molecule has 1 aromatic carbocycles. The normalized spacial score (nSPS) is 13.7. The molecular weight excluding hydrogens is 290 g/mol. The molecule has 5 nitrogen and oxygen atoms in total. The van der Waals surface area contributed by atoms with Crippen LogP contribution in [-0.2, 0) is 11.2 Å². The van der Waals surface area contributed by atoms with Gasteiger partial charge in [0.1, 0.15) is 0 Å². The first-order valence-electron chi connectivity index (χ1n) is 7.73. The van der Waals surface area contributed by atoms with Gasteiger partial charge >= 0.3 is 0 Å². The second kappa shape index (κ2) is 6.20. The molecular formula is C18H19N3O2. The van der Waals surface area contributed by atoms with Crippen molar-refractivity contribution in [2.45, 2.75) is 19.8 Å². The number of benzene rings is 1. The van der Waals surface area contributed by atoms with Crippen LogP contribution in [0.4, 0.5) is 5.69 Å². The van der Waals surface area contributed by atoms with E-state index in [0.717, 1.165) is 28.8 Å². The zero-order valence-corrected chi connectivity index (χ0v) is 13.3. The Morgan fingerprint density at radius 2 is 2.04 bits per heavy atom. The summed E-state index contributed by atoms with van der Waals surface area (Å²) in [5.74, 6) is 0.0234. The van der Waals surface area contributed by atoms with Gasteiger partial charge in [0.05, 0.1) is 5.56 Å². The second-order valence-electron chi connectivity index (χ2n) is 5.62. The Morgan fingerprint density at radius 1 is 1.22 bits per heavy atom. The third-order valence-corrected chi connectivity index (χ3v) is 4.09. The zero-order chi connectivity index (χ0) is 16.4. The fourth-order valence-corrected chi connectivity index (χ4v) is 2.82. The molecule has 0 spiro atoms. The predicted molar refractivity (Wildman–Crippen MR) is 89.4 cm³/mol. The number of aromatic nitrogens is 1. The van der Waals surface area contributed by atoms with Gasteiger partial charge in [-0.05, 0) is 42.7 Å². The van der Waals surface area contributed by atoms with Crippen molar-refractivity contribution in [3.05, 3.63) is 47.8 Å². The van der Waals surface area contributed by atoms with Crippen molar-refractivity contribution >= 4 is 17.5 Å². The van der Waals surface area contributed by atoms with Gasteiger partial charge in [0, 0.05) is 43.7 Å². The summed E-state index contributed by atoms with van der Waals surface area (Å²) in [5.41, 5.74) is 4.56. The monoisotopic (exact) mass is 309 g/mol. The van der Waals surface area contributed by atoms with E-state index in [4.69, 9.17) is 0 Å². The third-order valence-electron chi connectivity index (χ3n) is 4.09. The lowest BCUT2D eigenvalue weighted by atomic mass is 9.96. The van der Waals surface area contributed by atoms with Crippen LogP contribution in [0.2, 0.25) is 0 Å². The van der Waals surface area contributed by atoms with Crippen LogP contribution in [-0.4, -0.2) is 30.4 Å². The molecule has 0 atom stereocenters. The van der Waals surface area contributed by atoms with E-state index < -0.39 is 0 Å². The quantitative estimate of drug-likeness (QED) is 0.947. The van der Waals surface area contributed by atoms with Crippen LogP contribution in [0.25, 0.3) is 11.1 Å². The van der Waals surface area contributed by atoms with Crippen LogP contribution in [0.5, 0.6) is 0 Å². The molecule has 2 heterocycles. The average molecular weight is 309 g/mol. The Balaban J connectivity index is 1.95. The van der Waals surface area contributed by atoms with Crippen molar-refractivity contribution < 1.29 is 9.59 Å². The van der Waals surface area contributed by atoms with E-state index in [1.54, 1.807) is 24.3 Å². The minimum absolute atomic E-state index is 0.120. The predicted octanol–water partition coefficient (Wildman–Crippen LogP) is 2.41. The van der Waals surface area contributed by atoms with E-state index in [9.17, 15) is 9.59 Å². The molecule has 1 N–H and O–H groups in total. The lowest BCUT2D eigenvalue weighted by Crippen LogP contribution is -2.30. The summed E-state index contributed by atoms with van der Waals surface area (Å²) in [4.78, 5) is 29.6. The fraction of sp³-hybridized carbons (Fsp3) is 0.278. The maximum absolute atomic E-state index is 11.9. The van der Waals surface area contributed by atoms with Crippen molar-refractivity contribution in [2.75, 3.05) is 18.5 Å². The Morgan fingerprint density at radius 3 is 2.83 bits per heavy atom. The molecule has 0 saturated carbocycles. The summed E-state index contributed by atoms with van der Waals surface area (Å²) < 4.78 is 0. The lowest BCUT2D eigenvalue weighted by Gasteiger charge is -2.26. The van der Waals surface area contributed by atoms with Crippen LogP contribution >= 0.6 is 0 Å². The third kappa shape index (κ3) is 2.95. The van der Waals surface area contributed by atoms with Crippen molar-refractivity contribution in [3.8, 4) is 11.1 Å². The summed E-state index contributed by atoms with van der Waals surface area (Å²) in [6, 6.07) is 7.85. The van der Waals surface area contributed by atoms with E-state index >= 15 is 0 Å². The maximum Gasteiger partial charge on any atom is 0.252 e. The van der Waals surface area contributed by atoms with Crippen molar-refractivity contribution in [1.82, 2.24) is 10.3 Å². The lowest BCUT2D eigenvalue weighted by molar-refractivity contribution is -0.118. The molecule has 1 aliphatic rings. The number of nitrogens with one attached hydrogen (secondary N) is 1. The molecule has 118 valence electrons. The minimum atomic E-state index is -0.120. The molecule has 2 aromatic rings. The van der Waals surface area contributed by atoms with Gasteiger partial charge in [-0.2, -0.15) is 0 Å². The second-order valence-corrected chi connectivity index (χ2v) is 5.62. The van der Waals surface area contributed by atoms with E-state index in [-0.39, 0.29) is 11.8 Å². The molecule has 2 amide bonds. The van der Waals surface area contributed by atoms with Gasteiger partial charge in [-0.15, -0.1) is 0 Å². The number of nitrogens with zero attached hydrogens (tertiary/aromatic N) is 2. The highest BCUT2D eigenvalue weighted by molar-refractivity contribution is 5.97. The first-order chi connectivity index (χ1) is 11.1. The molecule has 0 bridgehead atoms. The van der Waals surface area contributed by atoms with Gasteiger partial charge in [-0.1, -0.05) is 6.07 Å². The van der Waals surface area contributed by atoms with Crippen LogP contribution in [0.1, 0.15) is 29.3 Å². The zero-order valence-electron chi connectivity index (χ0n) is 13.3. The molecule has 1 aromatic heterocycles. The largest absolute Gasteiger partial charge is 0.352 e. The van der Waals surface area contributed by atoms with E-state index in [0.29, 0.717) is 18.5 Å². The highest BCUT2D eigenvalue weighted by Crippen LogP contribution is 2.31. The van der Waals surface area contributed by atoms with Crippen molar-refractivity contribution in [2.24, 2.45) is 0 Å². The highest BCUT2D eigenvalue weighted by Gasteiger charge is 2.21. The van der Waals surface area contributed by atoms with Crippen LogP contribution in [0, 0.1) is 0 Å². The summed E-state index contributed by atoms with van der Waals surface area (Å²) >= 11 is 0. The topological polar surface area (TPSA) is 62.3 Å². The standard InChI is InChI=1S/C18H19N3O2/c1-3-20-18(23)15-9-14(10-19-11-15)12-4-6-16-13(8-12)5-7-17(22)21(16)2/h4,6,8-11H,3,5,7H2,1-2H3,(H,20,23). The Hall–Kier alpha value is -2.69. The number of hydrogen-bond acceptors (Lipinski definition) is 3. The molecule has 0 fully saturated rings. The smallest absolute Gasteiger partial charge is 0.252 e. The Bertz CT molecular complexity index is 771. The van der Waals surface area contributed by atoms with E-state index in [2.05, 4.69) is 16.4 Å². The molecule has 5 heteroatoms. The maximum atomic E-state index is 11.9. The number of rotatable bonds is 3. The molecule has 3 rings (SSSR count). The van der Waals surface area contributed by atoms with Crippen molar-refractivity contribution in [1.29, 1.82) is 0 Å². The number of aryl methyl sites for hydroxylation is 1. The number of carbonyl (C=O) groups excluding carboxylic acids is 2. The number of pyridine rings is 1. The van der Waals surface area contributed by atoms with Gasteiger partial charge in [0.15, 0.2) is 0 Å². The fourth-order valence-electron chi connectivity index (χ4n) is 2.82. The molecule has 0 saturated heterocycles. The van der Waals surface area contributed by atoms with Crippen LogP contribution in [0.3, 0.4) is 0 Å². The number of anilines is 1. The first kappa shape index (κ1) is 15.2. The van der Waals surface area contributed by atoms with Crippen LogP contribution in [0.15, 0.2) is 36.7 Å². The molecule has 0 aliphatic carbocycles. The summed E-state index contributed by atoms with van der Waals surface area (Å²) in [7, 11) is 1.80. The number of amides is 2. The van der Waals surface area contributed by atoms with Crippen molar-refractivity contribution in [3.63, 3.8) is 0 Å². The van der Waals surface area contributed by atoms with Gasteiger partial charge in [-0.3, -0.25) is 14.6 Å². The number of hydrogen-bond donors (Lipinski definition) is 1. The Kier molecular flexibility index (Phi) is 4.10. The molecule has 1 aliphatic heterocycles. The number of fused-ring (bicyclic) bond motifs is 1. The summed E-state index contributed by atoms with van der Waals surface area (Å²) in [6.07, 6.45) is 4.60. The molecule has 0 unspecified atom stereocenters. The van der Waals surface area contributed by atoms with Gasteiger partial charge in [0.2, 0.25) is 5.91 Å². The molecule has 0 radical (unpaired) electrons.